The van der Waals surface area contributed by atoms with Crippen molar-refractivity contribution in [2.24, 2.45) is 0 Å². The summed E-state index contributed by atoms with van der Waals surface area (Å²) in [5.74, 6) is 6.68. The van der Waals surface area contributed by atoms with Crippen LogP contribution in [0.2, 0.25) is 0 Å². The maximum absolute atomic E-state index is 12.8. The summed E-state index contributed by atoms with van der Waals surface area (Å²) in [5.41, 5.74) is 0.383. The molecule has 1 aliphatic rings. The number of methoxy groups -OCH3 is 2. The SMILES string of the molecule is COc1ccc(C2CCCN2C(=O)NCC#Cc2cccc(C(F)(F)F)c2)c(OC)c1. The van der Waals surface area contributed by atoms with Gasteiger partial charge in [-0.05, 0) is 43.2 Å². The van der Waals surface area contributed by atoms with Crippen LogP contribution in [0, 0.1) is 11.8 Å². The van der Waals surface area contributed by atoms with Crippen LogP contribution in [-0.4, -0.2) is 38.2 Å². The van der Waals surface area contributed by atoms with E-state index in [1.54, 1.807) is 25.2 Å². The molecule has 1 N–H and O–H groups in total. The molecule has 1 fully saturated rings. The molecule has 0 aliphatic carbocycles. The Labute approximate surface area is 179 Å². The smallest absolute Gasteiger partial charge is 0.416 e. The zero-order chi connectivity index (χ0) is 22.4. The van der Waals surface area contributed by atoms with E-state index in [-0.39, 0.29) is 24.2 Å². The van der Waals surface area contributed by atoms with Crippen LogP contribution < -0.4 is 14.8 Å². The monoisotopic (exact) mass is 432 g/mol. The standard InChI is InChI=1S/C23H23F3N2O3/c1-30-18-10-11-19(21(15-18)31-2)20-9-5-13-28(20)22(29)27-12-4-7-16-6-3-8-17(14-16)23(24,25)26/h3,6,8,10-11,14-15,20H,5,9,12-13H2,1-2H3,(H,27,29). The predicted molar refractivity (Wildman–Crippen MR) is 110 cm³/mol. The molecule has 0 bridgehead atoms. The van der Waals surface area contributed by atoms with Gasteiger partial charge in [-0.2, -0.15) is 13.2 Å². The first kappa shape index (κ1) is 22.3. The summed E-state index contributed by atoms with van der Waals surface area (Å²) in [7, 11) is 3.14. The van der Waals surface area contributed by atoms with Gasteiger partial charge in [0.15, 0.2) is 0 Å². The number of nitrogens with one attached hydrogen (secondary N) is 1. The van der Waals surface area contributed by atoms with E-state index in [1.807, 2.05) is 12.1 Å². The van der Waals surface area contributed by atoms with Crippen molar-refractivity contribution in [3.8, 4) is 23.3 Å². The second kappa shape index (κ2) is 9.65. The molecule has 1 atom stereocenters. The maximum Gasteiger partial charge on any atom is 0.416 e. The Morgan fingerprint density at radius 3 is 2.71 bits per heavy atom. The molecule has 0 radical (unpaired) electrons. The molecular weight excluding hydrogens is 409 g/mol. The molecule has 0 saturated carbocycles. The van der Waals surface area contributed by atoms with E-state index in [0.29, 0.717) is 18.0 Å². The first-order valence-electron chi connectivity index (χ1n) is 9.76. The minimum Gasteiger partial charge on any atom is -0.497 e. The Balaban J connectivity index is 1.65. The highest BCUT2D eigenvalue weighted by Crippen LogP contribution is 2.38. The number of rotatable bonds is 4. The number of likely N-dealkylation sites (tertiary alicyclic amines) is 1. The molecule has 8 heteroatoms. The van der Waals surface area contributed by atoms with Crippen molar-refractivity contribution < 1.29 is 27.4 Å². The number of benzene rings is 2. The summed E-state index contributed by atoms with van der Waals surface area (Å²) in [4.78, 5) is 14.4. The van der Waals surface area contributed by atoms with E-state index in [4.69, 9.17) is 9.47 Å². The van der Waals surface area contributed by atoms with Crippen molar-refractivity contribution in [2.45, 2.75) is 25.1 Å². The van der Waals surface area contributed by atoms with E-state index in [1.165, 1.54) is 12.1 Å². The summed E-state index contributed by atoms with van der Waals surface area (Å²) in [6.45, 7) is 0.616. The highest BCUT2D eigenvalue weighted by Gasteiger charge is 2.32. The fourth-order valence-electron chi connectivity index (χ4n) is 3.57. The second-order valence-electron chi connectivity index (χ2n) is 7.00. The molecule has 2 amide bonds. The maximum atomic E-state index is 12.8. The highest BCUT2D eigenvalue weighted by atomic mass is 19.4. The molecule has 3 rings (SSSR count). The summed E-state index contributed by atoms with van der Waals surface area (Å²) < 4.78 is 49.0. The third-order valence-corrected chi connectivity index (χ3v) is 5.06. The third kappa shape index (κ3) is 5.43. The molecule has 1 unspecified atom stereocenters. The van der Waals surface area contributed by atoms with Gasteiger partial charge in [0, 0.05) is 23.7 Å². The first-order chi connectivity index (χ1) is 14.8. The fraction of sp³-hybridized carbons (Fsp3) is 0.348. The molecule has 2 aromatic carbocycles. The van der Waals surface area contributed by atoms with Crippen LogP contribution in [0.25, 0.3) is 0 Å². The number of hydrogen-bond acceptors (Lipinski definition) is 3. The highest BCUT2D eigenvalue weighted by molar-refractivity contribution is 5.75. The van der Waals surface area contributed by atoms with Crippen molar-refractivity contribution in [3.05, 3.63) is 59.2 Å². The first-order valence-corrected chi connectivity index (χ1v) is 9.76. The average molecular weight is 432 g/mol. The average Bonchev–Trinajstić information content (AvgIpc) is 3.25. The van der Waals surface area contributed by atoms with Crippen LogP contribution in [0.5, 0.6) is 11.5 Å². The van der Waals surface area contributed by atoms with Gasteiger partial charge in [-0.1, -0.05) is 17.9 Å². The molecule has 5 nitrogen and oxygen atoms in total. The third-order valence-electron chi connectivity index (χ3n) is 5.06. The van der Waals surface area contributed by atoms with Crippen molar-refractivity contribution in [2.75, 3.05) is 27.3 Å². The summed E-state index contributed by atoms with van der Waals surface area (Å²) in [6, 6.07) is 9.86. The summed E-state index contributed by atoms with van der Waals surface area (Å²) in [5, 5.41) is 2.73. The number of halogens is 3. The Morgan fingerprint density at radius 2 is 2.00 bits per heavy atom. The molecule has 1 heterocycles. The molecule has 0 spiro atoms. The normalized spacial score (nSPS) is 15.8. The number of nitrogens with zero attached hydrogens (tertiary/aromatic N) is 1. The van der Waals surface area contributed by atoms with Gasteiger partial charge in [-0.3, -0.25) is 0 Å². The van der Waals surface area contributed by atoms with Crippen LogP contribution in [0.4, 0.5) is 18.0 Å². The molecule has 164 valence electrons. The molecule has 1 aliphatic heterocycles. The minimum atomic E-state index is -4.42. The van der Waals surface area contributed by atoms with Crippen LogP contribution in [-0.2, 0) is 6.18 Å². The Morgan fingerprint density at radius 1 is 1.19 bits per heavy atom. The van der Waals surface area contributed by atoms with E-state index >= 15 is 0 Å². The number of urea groups is 1. The number of amides is 2. The zero-order valence-electron chi connectivity index (χ0n) is 17.3. The number of carbonyl (C=O) groups excluding carboxylic acids is 1. The van der Waals surface area contributed by atoms with Gasteiger partial charge in [0.1, 0.15) is 11.5 Å². The van der Waals surface area contributed by atoms with E-state index in [9.17, 15) is 18.0 Å². The molecule has 2 aromatic rings. The minimum absolute atomic E-state index is 0.0258. The van der Waals surface area contributed by atoms with Crippen molar-refractivity contribution in [1.82, 2.24) is 10.2 Å². The van der Waals surface area contributed by atoms with Crippen LogP contribution in [0.3, 0.4) is 0 Å². The second-order valence-corrected chi connectivity index (χ2v) is 7.00. The van der Waals surface area contributed by atoms with Crippen molar-refractivity contribution in [1.29, 1.82) is 0 Å². The molecule has 31 heavy (non-hydrogen) atoms. The van der Waals surface area contributed by atoms with Gasteiger partial charge in [0.05, 0.1) is 32.4 Å². The molecule has 0 aromatic heterocycles. The fourth-order valence-corrected chi connectivity index (χ4v) is 3.57. The van der Waals surface area contributed by atoms with E-state index in [2.05, 4.69) is 17.2 Å². The Kier molecular flexibility index (Phi) is 6.95. The van der Waals surface area contributed by atoms with Gasteiger partial charge < -0.3 is 19.7 Å². The van der Waals surface area contributed by atoms with Gasteiger partial charge in [0.25, 0.3) is 0 Å². The lowest BCUT2D eigenvalue weighted by atomic mass is 10.0. The summed E-state index contributed by atoms with van der Waals surface area (Å²) in [6.07, 6.45) is -2.77. The number of hydrogen-bond donors (Lipinski definition) is 1. The van der Waals surface area contributed by atoms with Crippen molar-refractivity contribution >= 4 is 6.03 Å². The van der Waals surface area contributed by atoms with Gasteiger partial charge >= 0.3 is 12.2 Å². The topological polar surface area (TPSA) is 50.8 Å². The van der Waals surface area contributed by atoms with Crippen LogP contribution >= 0.6 is 0 Å². The lowest BCUT2D eigenvalue weighted by Gasteiger charge is -2.26. The molecular formula is C23H23F3N2O3. The van der Waals surface area contributed by atoms with Crippen LogP contribution in [0.1, 0.15) is 35.6 Å². The molecule has 1 saturated heterocycles. The van der Waals surface area contributed by atoms with E-state index in [0.717, 1.165) is 30.5 Å². The van der Waals surface area contributed by atoms with Gasteiger partial charge in [-0.15, -0.1) is 0 Å². The van der Waals surface area contributed by atoms with E-state index < -0.39 is 11.7 Å². The predicted octanol–water partition coefficient (Wildman–Crippen LogP) is 4.62. The Bertz CT molecular complexity index is 996. The Hall–Kier alpha value is -3.34. The van der Waals surface area contributed by atoms with Crippen LogP contribution in [0.15, 0.2) is 42.5 Å². The largest absolute Gasteiger partial charge is 0.497 e. The summed E-state index contributed by atoms with van der Waals surface area (Å²) >= 11 is 0. The zero-order valence-corrected chi connectivity index (χ0v) is 17.3. The lowest BCUT2D eigenvalue weighted by molar-refractivity contribution is -0.137. The van der Waals surface area contributed by atoms with Gasteiger partial charge in [0.2, 0.25) is 0 Å². The number of ether oxygens (including phenoxy) is 2. The van der Waals surface area contributed by atoms with Crippen molar-refractivity contribution in [3.63, 3.8) is 0 Å². The quantitative estimate of drug-likeness (QED) is 0.718. The van der Waals surface area contributed by atoms with Gasteiger partial charge in [-0.25, -0.2) is 4.79 Å². The number of carbonyl (C=O) groups is 1. The number of alkyl halides is 3. The lowest BCUT2D eigenvalue weighted by Crippen LogP contribution is -2.39.